The number of aromatic nitrogens is 2. The van der Waals surface area contributed by atoms with Crippen molar-refractivity contribution in [1.29, 1.82) is 0 Å². The molecule has 1 aromatic rings. The van der Waals surface area contributed by atoms with Crippen molar-refractivity contribution in [3.63, 3.8) is 0 Å². The minimum Gasteiger partial charge on any atom is -0.353 e. The van der Waals surface area contributed by atoms with Gasteiger partial charge in [-0.2, -0.15) is 0 Å². The van der Waals surface area contributed by atoms with Crippen LogP contribution < -0.4 is 5.32 Å². The monoisotopic (exact) mass is 248 g/mol. The third-order valence-corrected chi connectivity index (χ3v) is 3.39. The van der Waals surface area contributed by atoms with Crippen LogP contribution in [-0.4, -0.2) is 40.5 Å². The molecule has 100 valence electrons. The lowest BCUT2D eigenvalue weighted by Crippen LogP contribution is -2.37. The molecule has 1 fully saturated rings. The van der Waals surface area contributed by atoms with Crippen molar-refractivity contribution in [1.82, 2.24) is 14.9 Å². The molecule has 4 nitrogen and oxygen atoms in total. The standard InChI is InChI=1S/C14H24N4/c1-11(2)10-18-8-4-5-13(18)9-16-14-15-7-6-12(3)17-14/h6-7,11,13H,4-5,8-10H2,1-3H3,(H,15,16,17)/t13-/m0/s1. The number of anilines is 1. The molecule has 1 N–H and O–H groups in total. The first-order chi connectivity index (χ1) is 8.65. The van der Waals surface area contributed by atoms with Crippen LogP contribution in [0.25, 0.3) is 0 Å². The van der Waals surface area contributed by atoms with E-state index in [-0.39, 0.29) is 0 Å². The maximum absolute atomic E-state index is 4.38. The Bertz CT molecular complexity index is 378. The van der Waals surface area contributed by atoms with Crippen LogP contribution in [0.3, 0.4) is 0 Å². The molecule has 1 aliphatic heterocycles. The van der Waals surface area contributed by atoms with Gasteiger partial charge < -0.3 is 5.32 Å². The number of rotatable bonds is 5. The van der Waals surface area contributed by atoms with Crippen LogP contribution in [0.15, 0.2) is 12.3 Å². The lowest BCUT2D eigenvalue weighted by molar-refractivity contribution is 0.234. The van der Waals surface area contributed by atoms with Crippen molar-refractivity contribution >= 4 is 5.95 Å². The normalized spacial score (nSPS) is 20.6. The maximum Gasteiger partial charge on any atom is 0.222 e. The Morgan fingerprint density at radius 2 is 2.33 bits per heavy atom. The molecule has 18 heavy (non-hydrogen) atoms. The number of nitrogens with zero attached hydrogens (tertiary/aromatic N) is 3. The SMILES string of the molecule is Cc1ccnc(NC[C@@H]2CCCN2CC(C)C)n1. The number of likely N-dealkylation sites (tertiary alicyclic amines) is 1. The molecule has 0 unspecified atom stereocenters. The van der Waals surface area contributed by atoms with Gasteiger partial charge in [-0.25, -0.2) is 9.97 Å². The summed E-state index contributed by atoms with van der Waals surface area (Å²) < 4.78 is 0. The first-order valence-corrected chi connectivity index (χ1v) is 6.92. The van der Waals surface area contributed by atoms with Crippen molar-refractivity contribution in [2.24, 2.45) is 5.92 Å². The number of nitrogens with one attached hydrogen (secondary N) is 1. The van der Waals surface area contributed by atoms with Gasteiger partial charge in [-0.1, -0.05) is 13.8 Å². The first-order valence-electron chi connectivity index (χ1n) is 6.92. The van der Waals surface area contributed by atoms with E-state index in [1.807, 2.05) is 19.2 Å². The Morgan fingerprint density at radius 3 is 3.06 bits per heavy atom. The molecule has 0 saturated carbocycles. The third kappa shape index (κ3) is 3.67. The summed E-state index contributed by atoms with van der Waals surface area (Å²) in [5.41, 5.74) is 1.01. The Morgan fingerprint density at radius 1 is 1.50 bits per heavy atom. The topological polar surface area (TPSA) is 41.1 Å². The average Bonchev–Trinajstić information content (AvgIpc) is 2.73. The summed E-state index contributed by atoms with van der Waals surface area (Å²) in [5.74, 6) is 1.49. The fourth-order valence-corrected chi connectivity index (χ4v) is 2.58. The Kier molecular flexibility index (Phi) is 4.53. The van der Waals surface area contributed by atoms with Crippen molar-refractivity contribution in [3.05, 3.63) is 18.0 Å². The van der Waals surface area contributed by atoms with E-state index in [9.17, 15) is 0 Å². The first kappa shape index (κ1) is 13.3. The summed E-state index contributed by atoms with van der Waals surface area (Å²) >= 11 is 0. The predicted octanol–water partition coefficient (Wildman–Crippen LogP) is 2.32. The largest absolute Gasteiger partial charge is 0.353 e. The minimum absolute atomic E-state index is 0.636. The Hall–Kier alpha value is -1.16. The summed E-state index contributed by atoms with van der Waals surface area (Å²) in [6.45, 7) is 9.95. The zero-order valence-corrected chi connectivity index (χ0v) is 11.7. The fraction of sp³-hybridized carbons (Fsp3) is 0.714. The van der Waals surface area contributed by atoms with E-state index in [0.29, 0.717) is 6.04 Å². The predicted molar refractivity (Wildman–Crippen MR) is 74.7 cm³/mol. The zero-order valence-electron chi connectivity index (χ0n) is 11.7. The zero-order chi connectivity index (χ0) is 13.0. The van der Waals surface area contributed by atoms with Crippen LogP contribution in [0, 0.1) is 12.8 Å². The van der Waals surface area contributed by atoms with Crippen LogP contribution >= 0.6 is 0 Å². The highest BCUT2D eigenvalue weighted by Crippen LogP contribution is 2.18. The molecule has 0 bridgehead atoms. The van der Waals surface area contributed by atoms with E-state index in [1.165, 1.54) is 25.9 Å². The second kappa shape index (κ2) is 6.14. The summed E-state index contributed by atoms with van der Waals surface area (Å²) in [6, 6.07) is 2.56. The highest BCUT2D eigenvalue weighted by molar-refractivity contribution is 5.25. The second-order valence-corrected chi connectivity index (χ2v) is 5.59. The van der Waals surface area contributed by atoms with E-state index < -0.39 is 0 Å². The van der Waals surface area contributed by atoms with Crippen molar-refractivity contribution in [2.75, 3.05) is 25.0 Å². The van der Waals surface area contributed by atoms with Crippen LogP contribution in [0.2, 0.25) is 0 Å². The lowest BCUT2D eigenvalue weighted by atomic mass is 10.1. The molecule has 2 heterocycles. The highest BCUT2D eigenvalue weighted by Gasteiger charge is 2.24. The Balaban J connectivity index is 1.85. The molecular weight excluding hydrogens is 224 g/mol. The smallest absolute Gasteiger partial charge is 0.222 e. The summed E-state index contributed by atoms with van der Waals surface area (Å²) in [4.78, 5) is 11.2. The lowest BCUT2D eigenvalue weighted by Gasteiger charge is -2.26. The van der Waals surface area contributed by atoms with Crippen molar-refractivity contribution < 1.29 is 0 Å². The summed E-state index contributed by atoms with van der Waals surface area (Å²) in [5, 5.41) is 3.37. The molecular formula is C14H24N4. The van der Waals surface area contributed by atoms with Gasteiger partial charge in [0, 0.05) is 31.0 Å². The molecule has 0 radical (unpaired) electrons. The van der Waals surface area contributed by atoms with Crippen LogP contribution in [0.4, 0.5) is 5.95 Å². The fourth-order valence-electron chi connectivity index (χ4n) is 2.58. The van der Waals surface area contributed by atoms with Crippen molar-refractivity contribution in [2.45, 2.75) is 39.7 Å². The number of hydrogen-bond acceptors (Lipinski definition) is 4. The van der Waals surface area contributed by atoms with E-state index in [4.69, 9.17) is 0 Å². The maximum atomic E-state index is 4.38. The molecule has 1 saturated heterocycles. The summed E-state index contributed by atoms with van der Waals surface area (Å²) in [7, 11) is 0. The number of aryl methyl sites for hydroxylation is 1. The van der Waals surface area contributed by atoms with Gasteiger partial charge in [0.05, 0.1) is 0 Å². The van der Waals surface area contributed by atoms with E-state index in [1.54, 1.807) is 0 Å². The van der Waals surface area contributed by atoms with Gasteiger partial charge in [0.1, 0.15) is 0 Å². The second-order valence-electron chi connectivity index (χ2n) is 5.59. The van der Waals surface area contributed by atoms with Crippen LogP contribution in [-0.2, 0) is 0 Å². The van der Waals surface area contributed by atoms with E-state index in [0.717, 1.165) is 24.1 Å². The molecule has 4 heteroatoms. The molecule has 0 aromatic carbocycles. The Labute approximate surface area is 110 Å². The van der Waals surface area contributed by atoms with Gasteiger partial charge >= 0.3 is 0 Å². The van der Waals surface area contributed by atoms with E-state index >= 15 is 0 Å². The molecule has 0 aliphatic carbocycles. The molecule has 1 atom stereocenters. The van der Waals surface area contributed by atoms with Gasteiger partial charge in [-0.15, -0.1) is 0 Å². The summed E-state index contributed by atoms with van der Waals surface area (Å²) in [6.07, 6.45) is 4.41. The van der Waals surface area contributed by atoms with E-state index in [2.05, 4.69) is 34.0 Å². The molecule has 0 spiro atoms. The minimum atomic E-state index is 0.636. The third-order valence-electron chi connectivity index (χ3n) is 3.39. The average molecular weight is 248 g/mol. The molecule has 2 rings (SSSR count). The van der Waals surface area contributed by atoms with Gasteiger partial charge in [0.25, 0.3) is 0 Å². The molecule has 0 amide bonds. The van der Waals surface area contributed by atoms with Gasteiger partial charge in [0.2, 0.25) is 5.95 Å². The van der Waals surface area contributed by atoms with Gasteiger partial charge in [-0.3, -0.25) is 4.90 Å². The van der Waals surface area contributed by atoms with Crippen molar-refractivity contribution in [3.8, 4) is 0 Å². The number of hydrogen-bond donors (Lipinski definition) is 1. The van der Waals surface area contributed by atoms with Crippen LogP contribution in [0.1, 0.15) is 32.4 Å². The molecule has 1 aromatic heterocycles. The van der Waals surface area contributed by atoms with Gasteiger partial charge in [0.15, 0.2) is 0 Å². The highest BCUT2D eigenvalue weighted by atomic mass is 15.2. The van der Waals surface area contributed by atoms with Crippen LogP contribution in [0.5, 0.6) is 0 Å². The quantitative estimate of drug-likeness (QED) is 0.868. The molecule has 1 aliphatic rings. The van der Waals surface area contributed by atoms with Gasteiger partial charge in [-0.05, 0) is 38.3 Å².